The number of hydrogen-bond donors (Lipinski definition) is 1. The third-order valence-corrected chi connectivity index (χ3v) is 4.15. The van der Waals surface area contributed by atoms with Crippen LogP contribution in [-0.2, 0) is 10.3 Å². The Morgan fingerprint density at radius 2 is 2.00 bits per heavy atom. The van der Waals surface area contributed by atoms with Crippen molar-refractivity contribution in [2.45, 2.75) is 19.4 Å². The van der Waals surface area contributed by atoms with Gasteiger partial charge in [0.1, 0.15) is 11.4 Å². The van der Waals surface area contributed by atoms with Crippen LogP contribution in [0.4, 0.5) is 10.1 Å². The third-order valence-electron chi connectivity index (χ3n) is 4.15. The lowest BCUT2D eigenvalue weighted by atomic mass is 9.95. The van der Waals surface area contributed by atoms with Gasteiger partial charge in [-0.05, 0) is 26.0 Å². The highest BCUT2D eigenvalue weighted by Gasteiger charge is 2.30. The summed E-state index contributed by atoms with van der Waals surface area (Å²) in [7, 11) is 1.43. The number of amides is 1. The first-order valence-corrected chi connectivity index (χ1v) is 7.62. The maximum atomic E-state index is 14.0. The maximum Gasteiger partial charge on any atom is 0.273 e. The maximum absolute atomic E-state index is 14.0. The molecule has 2 aromatic carbocycles. The van der Waals surface area contributed by atoms with E-state index in [4.69, 9.17) is 4.74 Å². The summed E-state index contributed by atoms with van der Waals surface area (Å²) in [6.07, 6.45) is 0. The molecule has 0 aliphatic carbocycles. The van der Waals surface area contributed by atoms with Crippen molar-refractivity contribution in [3.8, 4) is 0 Å². The lowest BCUT2D eigenvalue weighted by Gasteiger charge is -2.29. The summed E-state index contributed by atoms with van der Waals surface area (Å²) in [5, 5.41) is 13.6. The first-order valence-electron chi connectivity index (χ1n) is 7.62. The van der Waals surface area contributed by atoms with Gasteiger partial charge in [0.15, 0.2) is 0 Å². The molecular formula is C18H19FN2O4. The number of carbonyl (C=O) groups is 1. The molecule has 0 bridgehead atoms. The largest absolute Gasteiger partial charge is 0.372 e. The van der Waals surface area contributed by atoms with Gasteiger partial charge >= 0.3 is 0 Å². The van der Waals surface area contributed by atoms with Crippen LogP contribution in [0.3, 0.4) is 0 Å². The molecule has 1 amide bonds. The van der Waals surface area contributed by atoms with Gasteiger partial charge in [-0.2, -0.15) is 0 Å². The third kappa shape index (κ3) is 4.00. The van der Waals surface area contributed by atoms with Crippen LogP contribution in [0, 0.1) is 22.9 Å². The van der Waals surface area contributed by atoms with Gasteiger partial charge in [0, 0.05) is 29.9 Å². The Bertz CT molecular complexity index is 809. The molecule has 0 aliphatic rings. The van der Waals surface area contributed by atoms with E-state index in [1.54, 1.807) is 32.0 Å². The summed E-state index contributed by atoms with van der Waals surface area (Å²) in [5.41, 5.74) is -0.264. The number of hydrogen-bond acceptors (Lipinski definition) is 4. The monoisotopic (exact) mass is 346 g/mol. The van der Waals surface area contributed by atoms with Gasteiger partial charge < -0.3 is 10.1 Å². The van der Waals surface area contributed by atoms with E-state index in [9.17, 15) is 19.3 Å². The average Bonchev–Trinajstić information content (AvgIpc) is 2.60. The van der Waals surface area contributed by atoms with Crippen LogP contribution in [0.1, 0.15) is 28.4 Å². The summed E-state index contributed by atoms with van der Waals surface area (Å²) < 4.78 is 19.4. The molecule has 0 spiro atoms. The molecule has 7 heteroatoms. The number of nitrogens with zero attached hydrogens (tertiary/aromatic N) is 1. The van der Waals surface area contributed by atoms with Crippen molar-refractivity contribution >= 4 is 11.6 Å². The Morgan fingerprint density at radius 1 is 1.32 bits per heavy atom. The van der Waals surface area contributed by atoms with Crippen LogP contribution in [-0.4, -0.2) is 24.5 Å². The fourth-order valence-corrected chi connectivity index (χ4v) is 2.47. The Morgan fingerprint density at radius 3 is 2.60 bits per heavy atom. The molecule has 0 heterocycles. The van der Waals surface area contributed by atoms with Gasteiger partial charge in [0.2, 0.25) is 0 Å². The average molecular weight is 346 g/mol. The van der Waals surface area contributed by atoms with E-state index in [0.29, 0.717) is 11.1 Å². The second-order valence-corrected chi connectivity index (χ2v) is 5.86. The number of benzene rings is 2. The lowest BCUT2D eigenvalue weighted by Crippen LogP contribution is -2.40. The fraction of sp³-hybridized carbons (Fsp3) is 0.278. The van der Waals surface area contributed by atoms with E-state index in [1.165, 1.54) is 31.4 Å². The van der Waals surface area contributed by atoms with Crippen molar-refractivity contribution in [3.63, 3.8) is 0 Å². The number of methoxy groups -OCH3 is 1. The molecule has 0 radical (unpaired) electrons. The molecule has 132 valence electrons. The second-order valence-electron chi connectivity index (χ2n) is 5.86. The zero-order valence-corrected chi connectivity index (χ0v) is 14.2. The highest BCUT2D eigenvalue weighted by Crippen LogP contribution is 2.26. The Labute approximate surface area is 144 Å². The smallest absolute Gasteiger partial charge is 0.273 e. The number of nitro groups is 1. The molecule has 6 nitrogen and oxygen atoms in total. The van der Waals surface area contributed by atoms with Gasteiger partial charge in [0.05, 0.1) is 11.5 Å². The predicted octanol–water partition coefficient (Wildman–Crippen LogP) is 3.33. The van der Waals surface area contributed by atoms with Crippen molar-refractivity contribution in [1.29, 1.82) is 0 Å². The number of nitrogens with one attached hydrogen (secondary N) is 1. The van der Waals surface area contributed by atoms with Crippen molar-refractivity contribution in [2.75, 3.05) is 13.7 Å². The fourth-order valence-electron chi connectivity index (χ4n) is 2.47. The van der Waals surface area contributed by atoms with Gasteiger partial charge in [-0.3, -0.25) is 14.9 Å². The summed E-state index contributed by atoms with van der Waals surface area (Å²) in [6.45, 7) is 3.26. The number of aryl methyl sites for hydroxylation is 1. The Balaban J connectivity index is 2.19. The standard InChI is InChI=1S/C18H19FN2O4/c1-12-8-9-13(10-16(12)21(23)24)17(22)20-11-18(2,25-3)14-6-4-5-7-15(14)19/h4-10H,11H2,1-3H3,(H,20,22). The predicted molar refractivity (Wildman–Crippen MR) is 90.9 cm³/mol. The normalized spacial score (nSPS) is 13.1. The summed E-state index contributed by atoms with van der Waals surface area (Å²) in [6, 6.07) is 10.4. The van der Waals surface area contributed by atoms with Crippen LogP contribution in [0.5, 0.6) is 0 Å². The molecule has 1 N–H and O–H groups in total. The minimum Gasteiger partial charge on any atom is -0.372 e. The van der Waals surface area contributed by atoms with E-state index in [1.807, 2.05) is 0 Å². The van der Waals surface area contributed by atoms with Crippen LogP contribution in [0.15, 0.2) is 42.5 Å². The van der Waals surface area contributed by atoms with Crippen molar-refractivity contribution in [2.24, 2.45) is 0 Å². The van der Waals surface area contributed by atoms with Crippen LogP contribution in [0.25, 0.3) is 0 Å². The number of rotatable bonds is 6. The first kappa shape index (κ1) is 18.5. The van der Waals surface area contributed by atoms with Crippen LogP contribution >= 0.6 is 0 Å². The number of nitro benzene ring substituents is 1. The minimum atomic E-state index is -1.07. The molecule has 2 rings (SSSR count). The lowest BCUT2D eigenvalue weighted by molar-refractivity contribution is -0.385. The molecule has 1 atom stereocenters. The van der Waals surface area contributed by atoms with Crippen molar-refractivity contribution in [3.05, 3.63) is 75.1 Å². The molecule has 0 saturated carbocycles. The summed E-state index contributed by atoms with van der Waals surface area (Å²) in [5.74, 6) is -0.935. The van der Waals surface area contributed by atoms with E-state index >= 15 is 0 Å². The Hall–Kier alpha value is -2.80. The highest BCUT2D eigenvalue weighted by atomic mass is 19.1. The molecular weight excluding hydrogens is 327 g/mol. The van der Waals surface area contributed by atoms with Crippen LogP contribution in [0.2, 0.25) is 0 Å². The van der Waals surface area contributed by atoms with Crippen molar-refractivity contribution < 1.29 is 18.8 Å². The molecule has 0 aromatic heterocycles. The number of ether oxygens (including phenoxy) is 1. The van der Waals surface area contributed by atoms with Crippen molar-refractivity contribution in [1.82, 2.24) is 5.32 Å². The highest BCUT2D eigenvalue weighted by molar-refractivity contribution is 5.95. The van der Waals surface area contributed by atoms with Gasteiger partial charge in [0.25, 0.3) is 11.6 Å². The van der Waals surface area contributed by atoms with Crippen LogP contribution < -0.4 is 5.32 Å². The zero-order chi connectivity index (χ0) is 18.6. The molecule has 2 aromatic rings. The Kier molecular flexibility index (Phi) is 5.48. The minimum absolute atomic E-state index is 0.00490. The topological polar surface area (TPSA) is 81.5 Å². The number of carbonyl (C=O) groups excluding carboxylic acids is 1. The SMILES string of the molecule is COC(C)(CNC(=O)c1ccc(C)c([N+](=O)[O-])c1)c1ccccc1F. The van der Waals surface area contributed by atoms with Gasteiger partial charge in [-0.15, -0.1) is 0 Å². The molecule has 1 unspecified atom stereocenters. The molecule has 0 saturated heterocycles. The summed E-state index contributed by atoms with van der Waals surface area (Å²) in [4.78, 5) is 22.8. The quantitative estimate of drug-likeness (QED) is 0.642. The van der Waals surface area contributed by atoms with E-state index in [0.717, 1.165) is 0 Å². The first-order chi connectivity index (χ1) is 11.8. The van der Waals surface area contributed by atoms with E-state index in [-0.39, 0.29) is 17.8 Å². The molecule has 0 aliphatic heterocycles. The molecule has 25 heavy (non-hydrogen) atoms. The number of halogens is 1. The van der Waals surface area contributed by atoms with Gasteiger partial charge in [-0.1, -0.05) is 24.3 Å². The summed E-state index contributed by atoms with van der Waals surface area (Å²) >= 11 is 0. The van der Waals surface area contributed by atoms with E-state index < -0.39 is 22.2 Å². The van der Waals surface area contributed by atoms with E-state index in [2.05, 4.69) is 5.32 Å². The zero-order valence-electron chi connectivity index (χ0n) is 14.2. The molecule has 0 fully saturated rings. The second kappa shape index (κ2) is 7.40. The van der Waals surface area contributed by atoms with Gasteiger partial charge in [-0.25, -0.2) is 4.39 Å².